The molecule has 0 bridgehead atoms. The molecule has 1 aliphatic rings. The fourth-order valence-corrected chi connectivity index (χ4v) is 4.60. The largest absolute Gasteiger partial charge is 0.479 e. The van der Waals surface area contributed by atoms with E-state index in [0.717, 1.165) is 54.3 Å². The summed E-state index contributed by atoms with van der Waals surface area (Å²) in [6.45, 7) is 6.91. The van der Waals surface area contributed by atoms with Crippen molar-refractivity contribution in [3.05, 3.63) is 70.2 Å². The molecule has 1 aliphatic heterocycles. The number of nitrogens with zero attached hydrogens (tertiary/aromatic N) is 2. The number of anilines is 1. The van der Waals surface area contributed by atoms with Crippen molar-refractivity contribution in [2.24, 2.45) is 0 Å². The smallest absolute Gasteiger partial charge is 0.416 e. The van der Waals surface area contributed by atoms with Gasteiger partial charge in [0.15, 0.2) is 5.60 Å². The molecule has 3 aromatic rings. The van der Waals surface area contributed by atoms with E-state index in [-0.39, 0.29) is 0 Å². The highest BCUT2D eigenvalue weighted by Crippen LogP contribution is 2.34. The van der Waals surface area contributed by atoms with Gasteiger partial charge in [-0.1, -0.05) is 30.3 Å². The van der Waals surface area contributed by atoms with Crippen LogP contribution >= 0.6 is 11.3 Å². The molecule has 0 fully saturated rings. The number of halogens is 3. The average Bonchev–Trinajstić information content (AvgIpc) is 3.40. The Labute approximate surface area is 207 Å². The van der Waals surface area contributed by atoms with Crippen LogP contribution in [-0.4, -0.2) is 41.9 Å². The van der Waals surface area contributed by atoms with Crippen LogP contribution in [0.1, 0.15) is 35.5 Å². The lowest BCUT2D eigenvalue weighted by molar-refractivity contribution is -0.157. The number of carboxylic acid groups (broad SMARTS) is 1. The van der Waals surface area contributed by atoms with Crippen LogP contribution < -0.4 is 4.90 Å². The maximum Gasteiger partial charge on any atom is 0.416 e. The van der Waals surface area contributed by atoms with Crippen LogP contribution in [-0.2, 0) is 28.5 Å². The molecule has 0 unspecified atom stereocenters. The molecule has 188 valence electrons. The number of methoxy groups -OCH3 is 1. The number of fused-ring (bicyclic) bond motifs is 1. The van der Waals surface area contributed by atoms with Gasteiger partial charge in [0.1, 0.15) is 5.01 Å². The molecule has 0 atom stereocenters. The zero-order valence-electron chi connectivity index (χ0n) is 20.1. The topological polar surface area (TPSA) is 62.7 Å². The highest BCUT2D eigenvalue weighted by molar-refractivity contribution is 7.15. The number of ether oxygens (including phenoxy) is 1. The molecule has 0 spiro atoms. The lowest BCUT2D eigenvalue weighted by atomic mass is 10.1. The molecule has 2 aromatic carbocycles. The maximum atomic E-state index is 12.7. The number of hydrogen-bond acceptors (Lipinski definition) is 5. The fourth-order valence-electron chi connectivity index (χ4n) is 3.55. The van der Waals surface area contributed by atoms with Crippen molar-refractivity contribution in [1.29, 1.82) is 0 Å². The van der Waals surface area contributed by atoms with Gasteiger partial charge in [0.2, 0.25) is 0 Å². The van der Waals surface area contributed by atoms with Gasteiger partial charge in [-0.05, 0) is 51.0 Å². The van der Waals surface area contributed by atoms with Gasteiger partial charge in [0, 0.05) is 42.7 Å². The van der Waals surface area contributed by atoms with Crippen LogP contribution in [0, 0.1) is 6.92 Å². The van der Waals surface area contributed by atoms with Crippen molar-refractivity contribution in [2.75, 3.05) is 25.1 Å². The first-order valence-electron chi connectivity index (χ1n) is 11.2. The zero-order chi connectivity index (χ0) is 25.8. The first-order chi connectivity index (χ1) is 16.4. The zero-order valence-corrected chi connectivity index (χ0v) is 21.0. The van der Waals surface area contributed by atoms with Crippen LogP contribution in [0.25, 0.3) is 10.6 Å². The Morgan fingerprint density at radius 2 is 1.80 bits per heavy atom. The highest BCUT2D eigenvalue weighted by Gasteiger charge is 2.30. The molecule has 0 radical (unpaired) electrons. The second-order valence-electron chi connectivity index (χ2n) is 8.74. The summed E-state index contributed by atoms with van der Waals surface area (Å²) in [5.41, 5.74) is 2.72. The summed E-state index contributed by atoms with van der Waals surface area (Å²) in [6.07, 6.45) is -2.35. The Balaban J connectivity index is 0.000000371. The molecule has 35 heavy (non-hydrogen) atoms. The lowest BCUT2D eigenvalue weighted by Crippen LogP contribution is -2.33. The van der Waals surface area contributed by atoms with Crippen LogP contribution in [0.2, 0.25) is 0 Å². The number of aliphatic carboxylic acids is 1. The summed E-state index contributed by atoms with van der Waals surface area (Å²) < 4.78 is 42.8. The lowest BCUT2D eigenvalue weighted by Gasteiger charge is -2.18. The number of aromatic nitrogens is 1. The van der Waals surface area contributed by atoms with Crippen LogP contribution in [0.5, 0.6) is 0 Å². The molecule has 0 aliphatic carbocycles. The van der Waals surface area contributed by atoms with Crippen molar-refractivity contribution >= 4 is 23.0 Å². The van der Waals surface area contributed by atoms with Crippen molar-refractivity contribution in [3.8, 4) is 10.6 Å². The van der Waals surface area contributed by atoms with Gasteiger partial charge in [0.25, 0.3) is 0 Å². The number of hydrogen-bond donors (Lipinski definition) is 1. The Morgan fingerprint density at radius 1 is 1.14 bits per heavy atom. The van der Waals surface area contributed by atoms with E-state index in [0.29, 0.717) is 0 Å². The SMILES string of the molecule is COC(C)(C)C(=O)O.Cc1nc(-c2ccc(C(F)(F)F)cc2)sc1CCN1CCc2ccccc21. The van der Waals surface area contributed by atoms with Crippen molar-refractivity contribution in [3.63, 3.8) is 0 Å². The van der Waals surface area contributed by atoms with Gasteiger partial charge in [-0.25, -0.2) is 9.78 Å². The molecular formula is C26H29F3N2O3S. The minimum Gasteiger partial charge on any atom is -0.479 e. The van der Waals surface area contributed by atoms with Crippen LogP contribution in [0.3, 0.4) is 0 Å². The summed E-state index contributed by atoms with van der Waals surface area (Å²) in [4.78, 5) is 18.3. The van der Waals surface area contributed by atoms with Gasteiger partial charge in [-0.2, -0.15) is 13.2 Å². The van der Waals surface area contributed by atoms with E-state index >= 15 is 0 Å². The van der Waals surface area contributed by atoms with E-state index in [2.05, 4.69) is 38.9 Å². The summed E-state index contributed by atoms with van der Waals surface area (Å²) in [5.74, 6) is -0.944. The van der Waals surface area contributed by atoms with E-state index in [9.17, 15) is 18.0 Å². The third-order valence-corrected chi connectivity index (χ3v) is 7.24. The highest BCUT2D eigenvalue weighted by atomic mass is 32.1. The van der Waals surface area contributed by atoms with Gasteiger partial charge >= 0.3 is 12.1 Å². The minimum absolute atomic E-state index is 0.632. The molecule has 1 N–H and O–H groups in total. The normalized spacial score (nSPS) is 13.3. The van der Waals surface area contributed by atoms with Gasteiger partial charge in [-0.3, -0.25) is 0 Å². The predicted octanol–water partition coefficient (Wildman–Crippen LogP) is 6.24. The number of thiazole rings is 1. The van der Waals surface area contributed by atoms with E-state index in [1.54, 1.807) is 11.3 Å². The van der Waals surface area contributed by atoms with Gasteiger partial charge in [-0.15, -0.1) is 11.3 Å². The van der Waals surface area contributed by atoms with Crippen LogP contribution in [0.4, 0.5) is 18.9 Å². The molecule has 5 nitrogen and oxygen atoms in total. The van der Waals surface area contributed by atoms with Crippen molar-refractivity contribution < 1.29 is 27.8 Å². The maximum absolute atomic E-state index is 12.7. The van der Waals surface area contributed by atoms with E-state index in [4.69, 9.17) is 5.11 Å². The monoisotopic (exact) mass is 506 g/mol. The first-order valence-corrected chi connectivity index (χ1v) is 12.0. The molecule has 9 heteroatoms. The molecule has 0 saturated carbocycles. The second-order valence-corrected chi connectivity index (χ2v) is 9.82. The van der Waals surface area contributed by atoms with E-state index in [1.807, 2.05) is 6.92 Å². The Morgan fingerprint density at radius 3 is 2.37 bits per heavy atom. The minimum atomic E-state index is -4.31. The van der Waals surface area contributed by atoms with Gasteiger partial charge < -0.3 is 14.7 Å². The second kappa shape index (κ2) is 10.8. The molecule has 0 amide bonds. The predicted molar refractivity (Wildman–Crippen MR) is 132 cm³/mol. The molecule has 0 saturated heterocycles. The number of carboxylic acids is 1. The number of carbonyl (C=O) groups is 1. The summed E-state index contributed by atoms with van der Waals surface area (Å²) in [6, 6.07) is 13.7. The number of rotatable bonds is 6. The number of para-hydroxylation sites is 1. The number of aryl methyl sites for hydroxylation is 1. The fraction of sp³-hybridized carbons (Fsp3) is 0.385. The van der Waals surface area contributed by atoms with E-state index in [1.165, 1.54) is 49.2 Å². The third kappa shape index (κ3) is 6.61. The third-order valence-electron chi connectivity index (χ3n) is 5.97. The summed E-state index contributed by atoms with van der Waals surface area (Å²) >= 11 is 1.57. The Bertz CT molecular complexity index is 1160. The molecule has 4 rings (SSSR count). The molecule has 2 heterocycles. The number of alkyl halides is 3. The summed E-state index contributed by atoms with van der Waals surface area (Å²) in [7, 11) is 1.37. The van der Waals surface area contributed by atoms with Crippen LogP contribution in [0.15, 0.2) is 48.5 Å². The molecule has 1 aromatic heterocycles. The molecular weight excluding hydrogens is 477 g/mol. The van der Waals surface area contributed by atoms with Crippen molar-refractivity contribution in [2.45, 2.75) is 45.4 Å². The number of benzene rings is 2. The Hall–Kier alpha value is -2.91. The van der Waals surface area contributed by atoms with Gasteiger partial charge in [0.05, 0.1) is 11.3 Å². The Kier molecular flexibility index (Phi) is 8.22. The first kappa shape index (κ1) is 26.7. The average molecular weight is 507 g/mol. The van der Waals surface area contributed by atoms with E-state index < -0.39 is 23.3 Å². The standard InChI is InChI=1S/C21H19F3N2S.C5H10O3/c1-14-19(11-13-26-12-10-15-4-2-3-5-18(15)26)27-20(25-14)16-6-8-17(9-7-16)21(22,23)24;1-5(2,8-3)4(6)7/h2-9H,10-13H2,1H3;1-3H3,(H,6,7). The summed E-state index contributed by atoms with van der Waals surface area (Å²) in [5, 5.41) is 9.09. The van der Waals surface area contributed by atoms with Crippen molar-refractivity contribution in [1.82, 2.24) is 4.98 Å². The quantitative estimate of drug-likeness (QED) is 0.429.